The van der Waals surface area contributed by atoms with Crippen molar-refractivity contribution in [1.82, 2.24) is 4.98 Å². The number of aryl methyl sites for hydroxylation is 1. The predicted molar refractivity (Wildman–Crippen MR) is 130 cm³/mol. The van der Waals surface area contributed by atoms with Crippen LogP contribution in [-0.4, -0.2) is 32.8 Å². The summed E-state index contributed by atoms with van der Waals surface area (Å²) in [6.07, 6.45) is 8.29. The molecule has 2 aromatic rings. The molecule has 0 N–H and O–H groups in total. The molecule has 0 bridgehead atoms. The third-order valence-corrected chi connectivity index (χ3v) is 11.1. The lowest BCUT2D eigenvalue weighted by atomic mass is 10.0. The van der Waals surface area contributed by atoms with Crippen LogP contribution in [0.5, 0.6) is 5.88 Å². The van der Waals surface area contributed by atoms with Crippen LogP contribution in [0.1, 0.15) is 58.4 Å². The van der Waals surface area contributed by atoms with Gasteiger partial charge in [0.15, 0.2) is 6.29 Å². The van der Waals surface area contributed by atoms with Gasteiger partial charge < -0.3 is 13.9 Å². The second-order valence-corrected chi connectivity index (χ2v) is 15.4. The van der Waals surface area contributed by atoms with Crippen molar-refractivity contribution in [3.63, 3.8) is 0 Å². The van der Waals surface area contributed by atoms with Crippen molar-refractivity contribution in [1.29, 1.82) is 0 Å². The van der Waals surface area contributed by atoms with E-state index in [9.17, 15) is 0 Å². The van der Waals surface area contributed by atoms with Gasteiger partial charge in [-0.05, 0) is 74.2 Å². The van der Waals surface area contributed by atoms with Crippen molar-refractivity contribution < 1.29 is 13.9 Å². The summed E-state index contributed by atoms with van der Waals surface area (Å²) in [5, 5.41) is 2.52. The van der Waals surface area contributed by atoms with Crippen molar-refractivity contribution in [2.24, 2.45) is 0 Å². The van der Waals surface area contributed by atoms with Gasteiger partial charge in [-0.3, -0.25) is 0 Å². The summed E-state index contributed by atoms with van der Waals surface area (Å²) in [7, 11) is -1.97. The molecule has 1 unspecified atom stereocenters. The average Bonchev–Trinajstić information content (AvgIpc) is 2.68. The number of unbranched alkanes of at least 4 members (excludes halogenated alkanes) is 1. The smallest absolute Gasteiger partial charge is 0.252 e. The maximum atomic E-state index is 6.65. The van der Waals surface area contributed by atoms with E-state index in [1.165, 1.54) is 17.4 Å². The summed E-state index contributed by atoms with van der Waals surface area (Å²) in [5.41, 5.74) is 1.22. The van der Waals surface area contributed by atoms with Gasteiger partial charge in [-0.25, -0.2) is 4.98 Å². The Labute approximate surface area is 191 Å². The highest BCUT2D eigenvalue weighted by Gasteiger charge is 2.39. The second-order valence-electron chi connectivity index (χ2n) is 9.76. The number of hydrogen-bond acceptors (Lipinski definition) is 4. The zero-order valence-corrected chi connectivity index (χ0v) is 21.7. The van der Waals surface area contributed by atoms with Crippen molar-refractivity contribution in [3.8, 4) is 5.88 Å². The first-order valence-corrected chi connectivity index (χ1v) is 14.9. The van der Waals surface area contributed by atoms with Crippen LogP contribution in [0.15, 0.2) is 28.9 Å². The van der Waals surface area contributed by atoms with Crippen LogP contribution in [0.4, 0.5) is 0 Å². The third kappa shape index (κ3) is 6.06. The van der Waals surface area contributed by atoms with E-state index in [2.05, 4.69) is 68.0 Å². The molecule has 1 fully saturated rings. The maximum absolute atomic E-state index is 6.65. The topological polar surface area (TPSA) is 40.6 Å². The maximum Gasteiger partial charge on any atom is 0.252 e. The summed E-state index contributed by atoms with van der Waals surface area (Å²) < 4.78 is 19.3. The molecule has 1 aromatic heterocycles. The molecule has 0 saturated carbocycles. The lowest BCUT2D eigenvalue weighted by Gasteiger charge is -2.36. The van der Waals surface area contributed by atoms with E-state index < -0.39 is 8.32 Å². The van der Waals surface area contributed by atoms with Crippen LogP contribution < -0.4 is 4.43 Å². The van der Waals surface area contributed by atoms with Gasteiger partial charge in [-0.2, -0.15) is 0 Å². The van der Waals surface area contributed by atoms with Gasteiger partial charge in [0.2, 0.25) is 5.88 Å². The van der Waals surface area contributed by atoms with Crippen LogP contribution in [0, 0.1) is 0 Å². The quantitative estimate of drug-likeness (QED) is 0.286. The fraction of sp³-hybridized carbons (Fsp3) is 0.625. The summed E-state index contributed by atoms with van der Waals surface area (Å²) in [5.74, 6) is 0.813. The molecular formula is C24H36BrNO3Si. The Balaban J connectivity index is 1.72. The molecule has 1 aromatic carbocycles. The van der Waals surface area contributed by atoms with E-state index in [0.29, 0.717) is 0 Å². The molecule has 1 aliphatic rings. The van der Waals surface area contributed by atoms with E-state index in [-0.39, 0.29) is 11.3 Å². The number of benzene rings is 1. The summed E-state index contributed by atoms with van der Waals surface area (Å²) in [6.45, 7) is 12.9. The first kappa shape index (κ1) is 23.7. The Bertz CT molecular complexity index is 844. The largest absolute Gasteiger partial charge is 0.530 e. The van der Waals surface area contributed by atoms with E-state index in [0.717, 1.165) is 61.1 Å². The standard InChI is InChI=1S/C24H36BrNO3Si/c1-24(2,3)30(4,5)29-23-21(20-13-12-19(25)16-18(20)17-26-23)10-6-8-14-27-22-11-7-9-15-28-22/h12-13,16-17,22H,6-11,14-15H2,1-5H3. The highest BCUT2D eigenvalue weighted by atomic mass is 79.9. The van der Waals surface area contributed by atoms with E-state index >= 15 is 0 Å². The van der Waals surface area contributed by atoms with Crippen molar-refractivity contribution in [3.05, 3.63) is 34.4 Å². The van der Waals surface area contributed by atoms with Gasteiger partial charge in [-0.15, -0.1) is 0 Å². The van der Waals surface area contributed by atoms with Crippen LogP contribution >= 0.6 is 15.9 Å². The van der Waals surface area contributed by atoms with Crippen molar-refractivity contribution in [2.45, 2.75) is 83.7 Å². The van der Waals surface area contributed by atoms with E-state index in [1.54, 1.807) is 0 Å². The Kier molecular flexibility index (Phi) is 7.99. The number of rotatable bonds is 8. The molecule has 0 amide bonds. The number of pyridine rings is 1. The van der Waals surface area contributed by atoms with Gasteiger partial charge in [0.1, 0.15) is 0 Å². The SMILES string of the molecule is CC(C)(C)[Si](C)(C)Oc1ncc2cc(Br)ccc2c1CCCCOC1CCCCO1. The highest BCUT2D eigenvalue weighted by molar-refractivity contribution is 9.10. The van der Waals surface area contributed by atoms with Gasteiger partial charge in [-0.1, -0.05) is 42.8 Å². The molecule has 1 aliphatic heterocycles. The summed E-state index contributed by atoms with van der Waals surface area (Å²) in [4.78, 5) is 4.76. The number of nitrogens with zero attached hydrogens (tertiary/aromatic N) is 1. The fourth-order valence-corrected chi connectivity index (χ4v) is 4.77. The molecule has 6 heteroatoms. The van der Waals surface area contributed by atoms with Crippen LogP contribution in [0.25, 0.3) is 10.8 Å². The molecule has 0 spiro atoms. The molecule has 1 saturated heterocycles. The first-order chi connectivity index (χ1) is 14.2. The zero-order valence-electron chi connectivity index (χ0n) is 19.1. The van der Waals surface area contributed by atoms with Gasteiger partial charge in [0.25, 0.3) is 8.32 Å². The minimum atomic E-state index is -1.97. The van der Waals surface area contributed by atoms with Gasteiger partial charge in [0.05, 0.1) is 0 Å². The number of aromatic nitrogens is 1. The number of fused-ring (bicyclic) bond motifs is 1. The van der Waals surface area contributed by atoms with E-state index in [1.807, 2.05) is 6.20 Å². The molecule has 30 heavy (non-hydrogen) atoms. The van der Waals surface area contributed by atoms with Crippen molar-refractivity contribution in [2.75, 3.05) is 13.2 Å². The molecule has 2 heterocycles. The van der Waals surface area contributed by atoms with Crippen LogP contribution in [-0.2, 0) is 15.9 Å². The molecule has 1 atom stereocenters. The lowest BCUT2D eigenvalue weighted by Crippen LogP contribution is -2.44. The first-order valence-electron chi connectivity index (χ1n) is 11.2. The van der Waals surface area contributed by atoms with Crippen LogP contribution in [0.2, 0.25) is 18.1 Å². The van der Waals surface area contributed by atoms with Crippen molar-refractivity contribution >= 4 is 35.0 Å². The zero-order chi connectivity index (χ0) is 21.8. The average molecular weight is 495 g/mol. The normalized spacial score (nSPS) is 18.0. The molecule has 4 nitrogen and oxygen atoms in total. The molecular weight excluding hydrogens is 458 g/mol. The Hall–Kier alpha value is -0.953. The molecule has 0 radical (unpaired) electrons. The van der Waals surface area contributed by atoms with Gasteiger partial charge >= 0.3 is 0 Å². The number of hydrogen-bond donors (Lipinski definition) is 0. The number of halogens is 1. The fourth-order valence-electron chi connectivity index (χ4n) is 3.42. The number of ether oxygens (including phenoxy) is 2. The lowest BCUT2D eigenvalue weighted by molar-refractivity contribution is -0.162. The van der Waals surface area contributed by atoms with E-state index in [4.69, 9.17) is 18.9 Å². The predicted octanol–water partition coefficient (Wildman–Crippen LogP) is 7.25. The second kappa shape index (κ2) is 10.1. The summed E-state index contributed by atoms with van der Waals surface area (Å²) >= 11 is 3.58. The van der Waals surface area contributed by atoms with Crippen LogP contribution in [0.3, 0.4) is 0 Å². The minimum Gasteiger partial charge on any atom is -0.530 e. The summed E-state index contributed by atoms with van der Waals surface area (Å²) in [6, 6.07) is 6.41. The Morgan fingerprint density at radius 2 is 2.00 bits per heavy atom. The molecule has 3 rings (SSSR count). The minimum absolute atomic E-state index is 0.00667. The molecule has 166 valence electrons. The Morgan fingerprint density at radius 1 is 1.20 bits per heavy atom. The van der Waals surface area contributed by atoms with Gasteiger partial charge in [0, 0.05) is 34.8 Å². The third-order valence-electron chi connectivity index (χ3n) is 6.34. The Morgan fingerprint density at radius 3 is 2.70 bits per heavy atom. The highest BCUT2D eigenvalue weighted by Crippen LogP contribution is 2.39. The molecule has 0 aliphatic carbocycles. The monoisotopic (exact) mass is 493 g/mol.